The summed E-state index contributed by atoms with van der Waals surface area (Å²) in [7, 11) is 0. The van der Waals surface area contributed by atoms with Crippen molar-refractivity contribution in [3.05, 3.63) is 18.2 Å². The molecule has 2 unspecified atom stereocenters. The Morgan fingerprint density at radius 2 is 2.58 bits per heavy atom. The Bertz CT molecular complexity index is 413. The van der Waals surface area contributed by atoms with E-state index >= 15 is 0 Å². The SMILES string of the molecule is CCCNC(=O)Cn1cncc1C(N)C1CCOC1. The van der Waals surface area contributed by atoms with E-state index in [4.69, 9.17) is 10.5 Å². The van der Waals surface area contributed by atoms with Crippen LogP contribution in [0.1, 0.15) is 31.5 Å². The third kappa shape index (κ3) is 3.54. The number of carbonyl (C=O) groups excluding carboxylic acids is 1. The van der Waals surface area contributed by atoms with Gasteiger partial charge in [-0.2, -0.15) is 0 Å². The average molecular weight is 266 g/mol. The van der Waals surface area contributed by atoms with E-state index < -0.39 is 0 Å². The predicted molar refractivity (Wildman–Crippen MR) is 71.4 cm³/mol. The summed E-state index contributed by atoms with van der Waals surface area (Å²) in [6.07, 6.45) is 5.31. The third-order valence-electron chi connectivity index (χ3n) is 3.44. The van der Waals surface area contributed by atoms with Crippen LogP contribution >= 0.6 is 0 Å². The summed E-state index contributed by atoms with van der Waals surface area (Å²) in [6.45, 7) is 4.46. The average Bonchev–Trinajstić information content (AvgIpc) is 3.06. The fourth-order valence-corrected chi connectivity index (χ4v) is 2.29. The van der Waals surface area contributed by atoms with Gasteiger partial charge in [-0.3, -0.25) is 4.79 Å². The summed E-state index contributed by atoms with van der Waals surface area (Å²) in [4.78, 5) is 15.9. The van der Waals surface area contributed by atoms with Crippen LogP contribution in [0.5, 0.6) is 0 Å². The van der Waals surface area contributed by atoms with Crippen molar-refractivity contribution in [3.8, 4) is 0 Å². The lowest BCUT2D eigenvalue weighted by Gasteiger charge is -2.19. The minimum Gasteiger partial charge on any atom is -0.381 e. The van der Waals surface area contributed by atoms with E-state index in [1.54, 1.807) is 12.5 Å². The predicted octanol–water partition coefficient (Wildman–Crippen LogP) is 0.446. The van der Waals surface area contributed by atoms with Crippen molar-refractivity contribution in [1.29, 1.82) is 0 Å². The van der Waals surface area contributed by atoms with Crippen molar-refractivity contribution in [1.82, 2.24) is 14.9 Å². The van der Waals surface area contributed by atoms with Gasteiger partial charge in [-0.05, 0) is 12.8 Å². The summed E-state index contributed by atoms with van der Waals surface area (Å²) < 4.78 is 7.19. The highest BCUT2D eigenvalue weighted by Gasteiger charge is 2.26. The van der Waals surface area contributed by atoms with Gasteiger partial charge >= 0.3 is 0 Å². The van der Waals surface area contributed by atoms with E-state index in [1.165, 1.54) is 0 Å². The second-order valence-corrected chi connectivity index (χ2v) is 4.95. The van der Waals surface area contributed by atoms with Gasteiger partial charge in [0.05, 0.1) is 24.7 Å². The molecule has 0 aromatic carbocycles. The van der Waals surface area contributed by atoms with Gasteiger partial charge < -0.3 is 20.4 Å². The molecule has 1 aliphatic heterocycles. The second-order valence-electron chi connectivity index (χ2n) is 4.95. The Hall–Kier alpha value is -1.40. The minimum absolute atomic E-state index is 0.00373. The number of nitrogens with one attached hydrogen (secondary N) is 1. The first-order valence-electron chi connectivity index (χ1n) is 6.82. The number of aromatic nitrogens is 2. The number of hydrogen-bond acceptors (Lipinski definition) is 4. The van der Waals surface area contributed by atoms with Crippen LogP contribution in [-0.2, 0) is 16.1 Å². The molecule has 1 saturated heterocycles. The lowest BCUT2D eigenvalue weighted by Crippen LogP contribution is -2.30. The number of nitrogens with two attached hydrogens (primary N) is 1. The molecule has 2 atom stereocenters. The number of nitrogens with zero attached hydrogens (tertiary/aromatic N) is 2. The summed E-state index contributed by atoms with van der Waals surface area (Å²) in [5, 5.41) is 2.85. The van der Waals surface area contributed by atoms with Crippen LogP contribution in [0.15, 0.2) is 12.5 Å². The fourth-order valence-electron chi connectivity index (χ4n) is 2.29. The van der Waals surface area contributed by atoms with Crippen molar-refractivity contribution >= 4 is 5.91 Å². The summed E-state index contributed by atoms with van der Waals surface area (Å²) >= 11 is 0. The number of hydrogen-bond donors (Lipinski definition) is 2. The van der Waals surface area contributed by atoms with Crippen LogP contribution in [0.2, 0.25) is 0 Å². The van der Waals surface area contributed by atoms with Crippen molar-refractivity contribution < 1.29 is 9.53 Å². The van der Waals surface area contributed by atoms with Gasteiger partial charge in [0.15, 0.2) is 0 Å². The summed E-state index contributed by atoms with van der Waals surface area (Å²) in [5.41, 5.74) is 7.15. The minimum atomic E-state index is -0.121. The quantitative estimate of drug-likeness (QED) is 0.783. The zero-order valence-corrected chi connectivity index (χ0v) is 11.3. The molecule has 0 spiro atoms. The number of imidazole rings is 1. The number of ether oxygens (including phenoxy) is 1. The Balaban J connectivity index is 1.98. The second kappa shape index (κ2) is 6.68. The van der Waals surface area contributed by atoms with E-state index in [1.807, 2.05) is 11.5 Å². The lowest BCUT2D eigenvalue weighted by molar-refractivity contribution is -0.121. The maximum absolute atomic E-state index is 11.7. The van der Waals surface area contributed by atoms with Gasteiger partial charge in [0.25, 0.3) is 0 Å². The first-order chi connectivity index (χ1) is 9.22. The highest BCUT2D eigenvalue weighted by molar-refractivity contribution is 5.75. The fraction of sp³-hybridized carbons (Fsp3) is 0.692. The topological polar surface area (TPSA) is 82.2 Å². The summed E-state index contributed by atoms with van der Waals surface area (Å²) in [5.74, 6) is 0.310. The monoisotopic (exact) mass is 266 g/mol. The highest BCUT2D eigenvalue weighted by Crippen LogP contribution is 2.26. The van der Waals surface area contributed by atoms with Crippen LogP contribution in [0.25, 0.3) is 0 Å². The Morgan fingerprint density at radius 3 is 3.26 bits per heavy atom. The molecule has 1 aromatic rings. The van der Waals surface area contributed by atoms with Gasteiger partial charge in [-0.1, -0.05) is 6.92 Å². The molecule has 19 heavy (non-hydrogen) atoms. The maximum Gasteiger partial charge on any atom is 0.239 e. The van der Waals surface area contributed by atoms with Crippen molar-refractivity contribution in [2.75, 3.05) is 19.8 Å². The molecule has 1 fully saturated rings. The number of amides is 1. The van der Waals surface area contributed by atoms with Crippen LogP contribution in [0.4, 0.5) is 0 Å². The van der Waals surface area contributed by atoms with E-state index in [0.717, 1.165) is 25.1 Å². The van der Waals surface area contributed by atoms with E-state index in [9.17, 15) is 4.79 Å². The summed E-state index contributed by atoms with van der Waals surface area (Å²) in [6, 6.07) is -0.121. The van der Waals surface area contributed by atoms with Gasteiger partial charge in [0.1, 0.15) is 6.54 Å². The van der Waals surface area contributed by atoms with Gasteiger partial charge in [0.2, 0.25) is 5.91 Å². The lowest BCUT2D eigenvalue weighted by atomic mass is 9.97. The third-order valence-corrected chi connectivity index (χ3v) is 3.44. The Kier molecular flexibility index (Phi) is 4.93. The van der Waals surface area contributed by atoms with Crippen LogP contribution in [0, 0.1) is 5.92 Å². The molecule has 1 amide bonds. The maximum atomic E-state index is 11.7. The molecule has 6 heteroatoms. The zero-order valence-electron chi connectivity index (χ0n) is 11.3. The number of rotatable bonds is 6. The first-order valence-corrected chi connectivity index (χ1v) is 6.82. The molecule has 1 aliphatic rings. The smallest absolute Gasteiger partial charge is 0.239 e. The highest BCUT2D eigenvalue weighted by atomic mass is 16.5. The molecule has 3 N–H and O–H groups in total. The van der Waals surface area contributed by atoms with Gasteiger partial charge in [-0.15, -0.1) is 0 Å². The zero-order chi connectivity index (χ0) is 13.7. The number of carbonyl (C=O) groups is 1. The van der Waals surface area contributed by atoms with Gasteiger partial charge in [0, 0.05) is 25.3 Å². The van der Waals surface area contributed by atoms with Crippen molar-refractivity contribution in [3.63, 3.8) is 0 Å². The molecular formula is C13H22N4O2. The van der Waals surface area contributed by atoms with Crippen LogP contribution < -0.4 is 11.1 Å². The van der Waals surface area contributed by atoms with Crippen molar-refractivity contribution in [2.45, 2.75) is 32.4 Å². The molecule has 2 rings (SSSR count). The van der Waals surface area contributed by atoms with E-state index in [2.05, 4.69) is 10.3 Å². The molecule has 106 valence electrons. The first kappa shape index (κ1) is 14.0. The van der Waals surface area contributed by atoms with Crippen LogP contribution in [-0.4, -0.2) is 35.2 Å². The van der Waals surface area contributed by atoms with E-state index in [-0.39, 0.29) is 18.5 Å². The standard InChI is InChI=1S/C13H22N4O2/c1-2-4-16-12(18)7-17-9-15-6-11(17)13(14)10-3-5-19-8-10/h6,9-10,13H,2-5,7-8,14H2,1H3,(H,16,18). The normalized spacial score (nSPS) is 20.4. The molecule has 0 bridgehead atoms. The molecule has 1 aromatic heterocycles. The Labute approximate surface area is 113 Å². The van der Waals surface area contributed by atoms with Crippen LogP contribution in [0.3, 0.4) is 0 Å². The largest absolute Gasteiger partial charge is 0.381 e. The molecule has 6 nitrogen and oxygen atoms in total. The molecule has 0 radical (unpaired) electrons. The van der Waals surface area contributed by atoms with Crippen molar-refractivity contribution in [2.24, 2.45) is 11.7 Å². The molecule has 0 aliphatic carbocycles. The Morgan fingerprint density at radius 1 is 1.74 bits per heavy atom. The van der Waals surface area contributed by atoms with Gasteiger partial charge in [-0.25, -0.2) is 4.98 Å². The molecule has 0 saturated carbocycles. The molecule has 2 heterocycles. The van der Waals surface area contributed by atoms with E-state index in [0.29, 0.717) is 19.1 Å². The molecular weight excluding hydrogens is 244 g/mol.